The predicted octanol–water partition coefficient (Wildman–Crippen LogP) is 7.34. The summed E-state index contributed by atoms with van der Waals surface area (Å²) in [4.78, 5) is 73.1. The third-order valence-corrected chi connectivity index (χ3v) is 12.7. The van der Waals surface area contributed by atoms with Crippen LogP contribution < -0.4 is 15.4 Å². The van der Waals surface area contributed by atoms with Gasteiger partial charge in [-0.25, -0.2) is 19.6 Å². The van der Waals surface area contributed by atoms with E-state index in [1.165, 1.54) is 14.2 Å². The Morgan fingerprint density at radius 1 is 0.859 bits per heavy atom. The van der Waals surface area contributed by atoms with Crippen molar-refractivity contribution in [1.82, 2.24) is 40.4 Å². The molecule has 5 unspecified atom stereocenters. The lowest BCUT2D eigenvalue weighted by molar-refractivity contribution is -0.136. The number of ether oxygens (including phenoxy) is 4. The fourth-order valence-electron chi connectivity index (χ4n) is 9.53. The van der Waals surface area contributed by atoms with Gasteiger partial charge in [0.05, 0.1) is 55.8 Å². The number of nitrogens with zero attached hydrogens (tertiary/aromatic N) is 4. The largest absolute Gasteiger partial charge is 0.488 e. The summed E-state index contributed by atoms with van der Waals surface area (Å²) >= 11 is 0. The second kappa shape index (κ2) is 17.7. The lowest BCUT2D eigenvalue weighted by Gasteiger charge is -2.29. The number of fused-ring (bicyclic) bond motifs is 6. The van der Waals surface area contributed by atoms with Gasteiger partial charge in [0.1, 0.15) is 36.1 Å². The van der Waals surface area contributed by atoms with Crippen molar-refractivity contribution in [2.45, 2.75) is 63.9 Å². The van der Waals surface area contributed by atoms with Crippen LogP contribution in [0.5, 0.6) is 5.75 Å². The lowest BCUT2D eigenvalue weighted by Crippen LogP contribution is -2.51. The number of carbonyl (C=O) groups excluding carboxylic acids is 4. The first-order valence-corrected chi connectivity index (χ1v) is 21.7. The van der Waals surface area contributed by atoms with E-state index < -0.39 is 24.3 Å². The van der Waals surface area contributed by atoms with E-state index in [2.05, 4.69) is 57.0 Å². The van der Waals surface area contributed by atoms with Crippen molar-refractivity contribution in [2.75, 3.05) is 41.0 Å². The van der Waals surface area contributed by atoms with Crippen LogP contribution in [0.25, 0.3) is 44.2 Å². The van der Waals surface area contributed by atoms with Crippen LogP contribution in [0.3, 0.4) is 0 Å². The molecule has 9 rings (SSSR count). The summed E-state index contributed by atoms with van der Waals surface area (Å²) in [6, 6.07) is 21.4. The zero-order chi connectivity index (χ0) is 44.6. The first kappa shape index (κ1) is 42.4. The number of alkyl carbamates (subject to hydrolysis) is 2. The molecule has 5 heterocycles. The number of aromatic amines is 2. The number of H-pyrrole nitrogens is 2. The van der Waals surface area contributed by atoms with Crippen LogP contribution in [-0.4, -0.2) is 101 Å². The van der Waals surface area contributed by atoms with Gasteiger partial charge < -0.3 is 49.3 Å². The van der Waals surface area contributed by atoms with Crippen molar-refractivity contribution in [3.63, 3.8) is 0 Å². The first-order chi connectivity index (χ1) is 31.0. The number of aromatic nitrogens is 4. The molecule has 0 spiro atoms. The van der Waals surface area contributed by atoms with Crippen LogP contribution in [0.15, 0.2) is 79.0 Å². The fourth-order valence-corrected chi connectivity index (χ4v) is 9.53. The summed E-state index contributed by atoms with van der Waals surface area (Å²) in [5.41, 5.74) is 7.10. The molecule has 4 aromatic carbocycles. The number of amides is 4. The van der Waals surface area contributed by atoms with E-state index in [1.807, 2.05) is 55.1 Å². The predicted molar refractivity (Wildman–Crippen MR) is 238 cm³/mol. The minimum Gasteiger partial charge on any atom is -0.488 e. The fraction of sp³-hybridized carbons (Fsp3) is 0.375. The molecule has 3 aliphatic heterocycles. The van der Waals surface area contributed by atoms with Gasteiger partial charge in [-0.2, -0.15) is 0 Å². The number of hydrogen-bond acceptors (Lipinski definition) is 10. The molecule has 16 nitrogen and oxygen atoms in total. The Morgan fingerprint density at radius 2 is 1.66 bits per heavy atom. The van der Waals surface area contributed by atoms with Gasteiger partial charge in [0.15, 0.2) is 0 Å². The normalized spacial score (nSPS) is 18.9. The van der Waals surface area contributed by atoms with Crippen molar-refractivity contribution < 1.29 is 38.1 Å². The standard InChI is InChI=1S/C48H52N8O8/c1-26(2)40(53-47(59)62-4)45(57)55-17-9-12-37(55)44-50-35-16-14-29-20-34-32-15-13-30(19-31(32)25-64-39(34)21-33(29)42(35)52-44)36-22-49-43(51-36)38-18-27(24-61-3)23-56(38)46(58)41(54-48(60)63-5)28-10-7-6-8-11-28/h6-8,10-11,13-16,19-22,26-27,37-38,40-41H,9,12,17-18,23-25H2,1-5H3,(H,49,51)(H,50,52)(H,53,59)(H,54,60). The maximum absolute atomic E-state index is 14.3. The van der Waals surface area contributed by atoms with E-state index in [-0.39, 0.29) is 35.7 Å². The van der Waals surface area contributed by atoms with E-state index in [9.17, 15) is 19.2 Å². The Kier molecular flexibility index (Phi) is 11.7. The van der Waals surface area contributed by atoms with E-state index in [0.717, 1.165) is 68.3 Å². The zero-order valence-electron chi connectivity index (χ0n) is 36.5. The summed E-state index contributed by atoms with van der Waals surface area (Å²) in [5, 5.41) is 7.40. The minimum atomic E-state index is -0.947. The second-order valence-corrected chi connectivity index (χ2v) is 17.1. The summed E-state index contributed by atoms with van der Waals surface area (Å²) < 4.78 is 21.6. The molecule has 2 fully saturated rings. The maximum Gasteiger partial charge on any atom is 0.407 e. The number of benzene rings is 4. The highest BCUT2D eigenvalue weighted by Gasteiger charge is 2.42. The van der Waals surface area contributed by atoms with Gasteiger partial charge in [0, 0.05) is 37.1 Å². The van der Waals surface area contributed by atoms with Crippen molar-refractivity contribution in [3.8, 4) is 28.1 Å². The molecule has 2 aromatic heterocycles. The van der Waals surface area contributed by atoms with Crippen molar-refractivity contribution in [1.29, 1.82) is 0 Å². The summed E-state index contributed by atoms with van der Waals surface area (Å²) in [5.74, 6) is 1.63. The molecule has 0 bridgehead atoms. The number of likely N-dealkylation sites (tertiary alicyclic amines) is 2. The van der Waals surface area contributed by atoms with E-state index >= 15 is 0 Å². The molecule has 6 aromatic rings. The molecule has 5 atom stereocenters. The molecule has 4 amide bonds. The van der Waals surface area contributed by atoms with Gasteiger partial charge in [0.2, 0.25) is 5.91 Å². The lowest BCUT2D eigenvalue weighted by atomic mass is 9.92. The average Bonchev–Trinajstić information content (AvgIpc) is 4.15. The third-order valence-electron chi connectivity index (χ3n) is 12.7. The number of rotatable bonds is 11. The first-order valence-electron chi connectivity index (χ1n) is 21.7. The SMILES string of the molecule is COCC1CC(c2ncc(-c3ccc4c(c3)COc3cc5c(ccc6[nH]c(C7CCCN7C(=O)C(NC(=O)OC)C(C)C)nc65)cc3-4)[nH]2)N(C(=O)C(NC(=O)OC)c2ccccc2)C1. The number of nitrogens with one attached hydrogen (secondary N) is 4. The second-order valence-electron chi connectivity index (χ2n) is 17.1. The minimum absolute atomic E-state index is 0.0689. The van der Waals surface area contributed by atoms with Crippen LogP contribution in [0, 0.1) is 11.8 Å². The van der Waals surface area contributed by atoms with Crippen LogP contribution >= 0.6 is 0 Å². The Morgan fingerprint density at radius 3 is 2.42 bits per heavy atom. The Labute approximate surface area is 370 Å². The highest BCUT2D eigenvalue weighted by atomic mass is 16.5. The number of imidazole rings is 2. The Balaban J connectivity index is 0.968. The smallest absolute Gasteiger partial charge is 0.407 e. The topological polar surface area (TPSA) is 193 Å². The maximum atomic E-state index is 14.3. The van der Waals surface area contributed by atoms with Crippen LogP contribution in [0.2, 0.25) is 0 Å². The van der Waals surface area contributed by atoms with E-state index in [4.69, 9.17) is 28.9 Å². The van der Waals surface area contributed by atoms with Gasteiger partial charge in [0.25, 0.3) is 5.91 Å². The molecule has 0 saturated carbocycles. The Bertz CT molecular complexity index is 2730. The van der Waals surface area contributed by atoms with Gasteiger partial charge >= 0.3 is 12.2 Å². The van der Waals surface area contributed by atoms with Gasteiger partial charge in [-0.1, -0.05) is 62.4 Å². The van der Waals surface area contributed by atoms with Crippen molar-refractivity contribution >= 4 is 45.8 Å². The number of hydrogen-bond donors (Lipinski definition) is 4. The van der Waals surface area contributed by atoms with Crippen LogP contribution in [-0.2, 0) is 30.4 Å². The van der Waals surface area contributed by atoms with Crippen LogP contribution in [0.1, 0.15) is 74.0 Å². The van der Waals surface area contributed by atoms with Crippen molar-refractivity contribution in [3.05, 3.63) is 102 Å². The third kappa shape index (κ3) is 7.97. The Hall–Kier alpha value is -6.94. The summed E-state index contributed by atoms with van der Waals surface area (Å²) in [7, 11) is 4.22. The van der Waals surface area contributed by atoms with Gasteiger partial charge in [-0.3, -0.25) is 9.59 Å². The molecule has 0 radical (unpaired) electrons. The van der Waals surface area contributed by atoms with Crippen molar-refractivity contribution in [2.24, 2.45) is 11.8 Å². The molecule has 0 aliphatic carbocycles. The monoisotopic (exact) mass is 868 g/mol. The van der Waals surface area contributed by atoms with E-state index in [1.54, 1.807) is 18.2 Å². The number of carbonyl (C=O) groups is 4. The van der Waals surface area contributed by atoms with Gasteiger partial charge in [-0.15, -0.1) is 0 Å². The summed E-state index contributed by atoms with van der Waals surface area (Å²) in [6.07, 6.45) is 2.67. The van der Waals surface area contributed by atoms with Crippen LogP contribution in [0.4, 0.5) is 9.59 Å². The molecule has 64 heavy (non-hydrogen) atoms. The molecular formula is C48H52N8O8. The molecule has 4 N–H and O–H groups in total. The molecular weight excluding hydrogens is 817 g/mol. The zero-order valence-corrected chi connectivity index (χ0v) is 36.5. The van der Waals surface area contributed by atoms with Gasteiger partial charge in [-0.05, 0) is 77.1 Å². The van der Waals surface area contributed by atoms with E-state index in [0.29, 0.717) is 49.9 Å². The molecule has 2 saturated heterocycles. The molecule has 3 aliphatic rings. The molecule has 16 heteroatoms. The molecule has 332 valence electrons. The highest BCUT2D eigenvalue weighted by Crippen LogP contribution is 2.44. The quantitative estimate of drug-likeness (QED) is 0.102. The average molecular weight is 869 g/mol. The highest BCUT2D eigenvalue weighted by molar-refractivity contribution is 6.07. The summed E-state index contributed by atoms with van der Waals surface area (Å²) in [6.45, 7) is 5.64. The number of methoxy groups -OCH3 is 3.